The van der Waals surface area contributed by atoms with Gasteiger partial charge in [-0.25, -0.2) is 0 Å². The van der Waals surface area contributed by atoms with E-state index in [1.807, 2.05) is 56.4 Å². The van der Waals surface area contributed by atoms with Crippen LogP contribution in [0.15, 0.2) is 54.7 Å². The summed E-state index contributed by atoms with van der Waals surface area (Å²) in [6.45, 7) is 5.83. The third-order valence-corrected chi connectivity index (χ3v) is 5.43. The molecule has 0 radical (unpaired) electrons. The van der Waals surface area contributed by atoms with E-state index in [2.05, 4.69) is 39.3 Å². The molecule has 0 spiro atoms. The maximum atomic E-state index is 13.2. The number of carbonyl (C=O) groups is 1. The second-order valence-electron chi connectivity index (χ2n) is 6.34. The lowest BCUT2D eigenvalue weighted by molar-refractivity contribution is -0.119. The maximum Gasteiger partial charge on any atom is 0.233 e. The van der Waals surface area contributed by atoms with Crippen molar-refractivity contribution in [2.75, 3.05) is 24.8 Å². The Morgan fingerprint density at radius 2 is 1.75 bits per heavy atom. The fraction of sp³-hybridized carbons (Fsp3) is 0.318. The van der Waals surface area contributed by atoms with Crippen LogP contribution in [0.5, 0.6) is 0 Å². The number of halogens is 1. The van der Waals surface area contributed by atoms with Crippen molar-refractivity contribution in [1.82, 2.24) is 4.57 Å². The van der Waals surface area contributed by atoms with Crippen LogP contribution in [-0.2, 0) is 27.4 Å². The maximum absolute atomic E-state index is 13.2. The molecule has 6 heteroatoms. The summed E-state index contributed by atoms with van der Waals surface area (Å²) in [4.78, 5) is 15.0. The summed E-state index contributed by atoms with van der Waals surface area (Å²) in [6.07, 6.45) is 2.32. The van der Waals surface area contributed by atoms with Crippen molar-refractivity contribution in [3.63, 3.8) is 0 Å². The molecule has 1 aromatic heterocycles. The highest BCUT2D eigenvalue weighted by Crippen LogP contribution is 2.26. The van der Waals surface area contributed by atoms with Crippen molar-refractivity contribution >= 4 is 45.1 Å². The van der Waals surface area contributed by atoms with E-state index in [-0.39, 0.29) is 12.6 Å². The molecule has 0 fully saturated rings. The van der Waals surface area contributed by atoms with Crippen molar-refractivity contribution in [3.05, 3.63) is 63.9 Å². The third-order valence-electron chi connectivity index (χ3n) is 4.52. The van der Waals surface area contributed by atoms with Crippen LogP contribution in [-0.4, -0.2) is 30.4 Å². The Labute approximate surface area is 179 Å². The van der Waals surface area contributed by atoms with Gasteiger partial charge in [-0.2, -0.15) is 0 Å². The predicted molar refractivity (Wildman–Crippen MR) is 120 cm³/mol. The zero-order chi connectivity index (χ0) is 19.9. The third kappa shape index (κ3) is 4.74. The van der Waals surface area contributed by atoms with Gasteiger partial charge in [0, 0.05) is 28.4 Å². The monoisotopic (exact) mass is 492 g/mol. The molecule has 0 aliphatic rings. The first-order valence-electron chi connectivity index (χ1n) is 9.42. The average Bonchev–Trinajstić information content (AvgIpc) is 3.05. The largest absolute Gasteiger partial charge is 0.361 e. The lowest BCUT2D eigenvalue weighted by Crippen LogP contribution is -2.35. The molecule has 3 rings (SSSR count). The van der Waals surface area contributed by atoms with Gasteiger partial charge in [0.05, 0.1) is 17.6 Å². The van der Waals surface area contributed by atoms with Gasteiger partial charge in [0.1, 0.15) is 13.5 Å². The summed E-state index contributed by atoms with van der Waals surface area (Å²) < 4.78 is 14.2. The van der Waals surface area contributed by atoms with E-state index >= 15 is 0 Å². The second-order valence-corrected chi connectivity index (χ2v) is 7.50. The Balaban J connectivity index is 1.90. The number of fused-ring (bicyclic) bond motifs is 1. The molecule has 0 atom stereocenters. The highest BCUT2D eigenvalue weighted by atomic mass is 127. The normalized spacial score (nSPS) is 11.1. The van der Waals surface area contributed by atoms with Crippen molar-refractivity contribution in [2.24, 2.45) is 0 Å². The number of carbonyl (C=O) groups excluding carboxylic acids is 1. The first-order chi connectivity index (χ1) is 13.7. The first-order valence-corrected chi connectivity index (χ1v) is 10.5. The summed E-state index contributed by atoms with van der Waals surface area (Å²) >= 11 is 2.26. The van der Waals surface area contributed by atoms with E-state index in [1.165, 1.54) is 0 Å². The molecule has 0 unspecified atom stereocenters. The van der Waals surface area contributed by atoms with Gasteiger partial charge in [-0.15, -0.1) is 0 Å². The van der Waals surface area contributed by atoms with E-state index in [9.17, 15) is 4.79 Å². The zero-order valence-corrected chi connectivity index (χ0v) is 18.4. The van der Waals surface area contributed by atoms with E-state index in [4.69, 9.17) is 9.47 Å². The SMILES string of the molecule is CCOCN(C(=O)Cc1cn(COCC)c2ccccc12)c1ccccc1I. The molecular weight excluding hydrogens is 467 g/mol. The molecule has 5 nitrogen and oxygen atoms in total. The van der Waals surface area contributed by atoms with E-state index in [0.717, 1.165) is 25.7 Å². The molecule has 0 saturated carbocycles. The number of rotatable bonds is 9. The van der Waals surface area contributed by atoms with Crippen LogP contribution < -0.4 is 4.90 Å². The minimum Gasteiger partial charge on any atom is -0.361 e. The molecule has 0 N–H and O–H groups in total. The van der Waals surface area contributed by atoms with Gasteiger partial charge in [0.15, 0.2) is 0 Å². The lowest BCUT2D eigenvalue weighted by Gasteiger charge is -2.23. The molecule has 0 bridgehead atoms. The van der Waals surface area contributed by atoms with Gasteiger partial charge in [0.25, 0.3) is 0 Å². The number of ether oxygens (including phenoxy) is 2. The van der Waals surface area contributed by atoms with E-state index in [1.54, 1.807) is 4.90 Å². The number of hydrogen-bond donors (Lipinski definition) is 0. The van der Waals surface area contributed by atoms with Crippen molar-refractivity contribution < 1.29 is 14.3 Å². The van der Waals surface area contributed by atoms with Crippen LogP contribution in [0.4, 0.5) is 5.69 Å². The number of nitrogens with zero attached hydrogens (tertiary/aromatic N) is 2. The van der Waals surface area contributed by atoms with Gasteiger partial charge in [-0.05, 0) is 60.2 Å². The Morgan fingerprint density at radius 1 is 1.04 bits per heavy atom. The van der Waals surface area contributed by atoms with Crippen LogP contribution in [0.2, 0.25) is 0 Å². The highest BCUT2D eigenvalue weighted by Gasteiger charge is 2.20. The number of benzene rings is 2. The summed E-state index contributed by atoms with van der Waals surface area (Å²) in [5.41, 5.74) is 2.94. The molecule has 148 valence electrons. The van der Waals surface area contributed by atoms with Crippen LogP contribution in [0.25, 0.3) is 10.9 Å². The van der Waals surface area contributed by atoms with Crippen LogP contribution in [0, 0.1) is 3.57 Å². The Hall–Kier alpha value is -1.90. The standard InChI is InChI=1S/C22H25IN2O3/c1-3-27-15-24-14-17(18-9-5-7-11-20(18)24)13-22(26)25(16-28-4-2)21-12-8-6-10-19(21)23/h5-12,14H,3-4,13,15-16H2,1-2H3. The molecular formula is C22H25IN2O3. The molecule has 1 heterocycles. The predicted octanol–water partition coefficient (Wildman–Crippen LogP) is 4.81. The highest BCUT2D eigenvalue weighted by molar-refractivity contribution is 14.1. The zero-order valence-electron chi connectivity index (χ0n) is 16.2. The van der Waals surface area contributed by atoms with E-state index < -0.39 is 0 Å². The second kappa shape index (κ2) is 10.0. The number of para-hydroxylation sites is 2. The molecule has 0 aliphatic heterocycles. The molecule has 28 heavy (non-hydrogen) atoms. The Bertz CT molecular complexity index is 938. The Morgan fingerprint density at radius 3 is 2.50 bits per heavy atom. The van der Waals surface area contributed by atoms with E-state index in [0.29, 0.717) is 26.4 Å². The quantitative estimate of drug-likeness (QED) is 0.318. The smallest absolute Gasteiger partial charge is 0.233 e. The molecule has 0 aliphatic carbocycles. The van der Waals surface area contributed by atoms with Crippen molar-refractivity contribution in [1.29, 1.82) is 0 Å². The van der Waals surface area contributed by atoms with Gasteiger partial charge in [-0.1, -0.05) is 30.3 Å². The Kier molecular flexibility index (Phi) is 7.47. The van der Waals surface area contributed by atoms with Crippen LogP contribution in [0.3, 0.4) is 0 Å². The molecule has 2 aromatic carbocycles. The summed E-state index contributed by atoms with van der Waals surface area (Å²) in [5, 5.41) is 1.08. The summed E-state index contributed by atoms with van der Waals surface area (Å²) in [6, 6.07) is 16.0. The fourth-order valence-corrected chi connectivity index (χ4v) is 3.83. The van der Waals surface area contributed by atoms with Gasteiger partial charge in [-0.3, -0.25) is 9.69 Å². The summed E-state index contributed by atoms with van der Waals surface area (Å²) in [7, 11) is 0. The van der Waals surface area contributed by atoms with Crippen molar-refractivity contribution in [2.45, 2.75) is 27.0 Å². The molecule has 3 aromatic rings. The fourth-order valence-electron chi connectivity index (χ4n) is 3.15. The average molecular weight is 492 g/mol. The molecule has 0 saturated heterocycles. The summed E-state index contributed by atoms with van der Waals surface area (Å²) in [5.74, 6) is 0.0110. The van der Waals surface area contributed by atoms with Crippen molar-refractivity contribution in [3.8, 4) is 0 Å². The molecule has 1 amide bonds. The topological polar surface area (TPSA) is 43.7 Å². The lowest BCUT2D eigenvalue weighted by atomic mass is 10.1. The number of aromatic nitrogens is 1. The number of hydrogen-bond acceptors (Lipinski definition) is 3. The van der Waals surface area contributed by atoms with Gasteiger partial charge >= 0.3 is 0 Å². The van der Waals surface area contributed by atoms with Gasteiger partial charge in [0.2, 0.25) is 5.91 Å². The van der Waals surface area contributed by atoms with Crippen LogP contribution >= 0.6 is 22.6 Å². The van der Waals surface area contributed by atoms with Gasteiger partial charge < -0.3 is 14.0 Å². The number of amides is 1. The minimum atomic E-state index is 0.0110. The number of anilines is 1. The van der Waals surface area contributed by atoms with Crippen LogP contribution in [0.1, 0.15) is 19.4 Å². The first kappa shape index (κ1) is 20.8. The minimum absolute atomic E-state index is 0.0110.